The van der Waals surface area contributed by atoms with Gasteiger partial charge in [0.1, 0.15) is 0 Å². The average Bonchev–Trinajstić information content (AvgIpc) is 3.56. The monoisotopic (exact) mass is 462 g/mol. The molecule has 3 atom stereocenters. The Balaban J connectivity index is 1.35. The van der Waals surface area contributed by atoms with Crippen molar-refractivity contribution < 1.29 is 14.4 Å². The molecule has 9 nitrogen and oxygen atoms in total. The average molecular weight is 463 g/mol. The van der Waals surface area contributed by atoms with Crippen LogP contribution in [-0.2, 0) is 14.4 Å². The molecule has 4 fully saturated rings. The first-order valence-corrected chi connectivity index (χ1v) is 13.2. The Morgan fingerprint density at radius 1 is 0.455 bits per heavy atom. The summed E-state index contributed by atoms with van der Waals surface area (Å²) in [5, 5.41) is 9.38. The van der Waals surface area contributed by atoms with Gasteiger partial charge in [-0.25, -0.2) is 0 Å². The molecule has 0 radical (unpaired) electrons. The molecule has 0 bridgehead atoms. The Morgan fingerprint density at radius 3 is 1.03 bits per heavy atom. The van der Waals surface area contributed by atoms with Crippen LogP contribution < -0.4 is 16.0 Å². The van der Waals surface area contributed by atoms with Crippen molar-refractivity contribution in [2.75, 3.05) is 58.9 Å². The minimum absolute atomic E-state index is 0.0505. The van der Waals surface area contributed by atoms with Gasteiger partial charge in [-0.2, -0.15) is 0 Å². The van der Waals surface area contributed by atoms with Crippen molar-refractivity contribution in [3.8, 4) is 0 Å². The highest BCUT2D eigenvalue weighted by molar-refractivity contribution is 5.83. The summed E-state index contributed by atoms with van der Waals surface area (Å²) in [4.78, 5) is 45.1. The number of amides is 3. The third-order valence-corrected chi connectivity index (χ3v) is 7.76. The molecule has 186 valence electrons. The number of carbonyl (C=O) groups excluding carboxylic acids is 3. The highest BCUT2D eigenvalue weighted by Crippen LogP contribution is 2.20. The fourth-order valence-corrected chi connectivity index (χ4v) is 6.01. The van der Waals surface area contributed by atoms with Crippen molar-refractivity contribution in [1.29, 1.82) is 0 Å². The summed E-state index contributed by atoms with van der Waals surface area (Å²) in [6.07, 6.45) is 8.46. The van der Waals surface area contributed by atoms with Gasteiger partial charge < -0.3 is 16.0 Å². The Kier molecular flexibility index (Phi) is 8.97. The van der Waals surface area contributed by atoms with Crippen LogP contribution in [0.1, 0.15) is 57.8 Å². The number of nitrogens with one attached hydrogen (secondary N) is 3. The van der Waals surface area contributed by atoms with Crippen molar-refractivity contribution in [1.82, 2.24) is 30.7 Å². The lowest BCUT2D eigenvalue weighted by atomic mass is 10.2. The van der Waals surface area contributed by atoms with Gasteiger partial charge in [0, 0.05) is 39.3 Å². The zero-order valence-corrected chi connectivity index (χ0v) is 20.0. The molecule has 0 unspecified atom stereocenters. The van der Waals surface area contributed by atoms with Gasteiger partial charge in [0.05, 0.1) is 18.1 Å². The lowest BCUT2D eigenvalue weighted by Crippen LogP contribution is -2.46. The number of fused-ring (bicyclic) bond motifs is 3. The molecule has 3 amide bonds. The number of rotatable bonds is 0. The normalized spacial score (nSPS) is 32.7. The van der Waals surface area contributed by atoms with Crippen molar-refractivity contribution >= 4 is 17.7 Å². The van der Waals surface area contributed by atoms with Crippen LogP contribution in [0, 0.1) is 0 Å². The van der Waals surface area contributed by atoms with Gasteiger partial charge in [-0.3, -0.25) is 29.1 Å². The summed E-state index contributed by atoms with van der Waals surface area (Å²) in [6.45, 7) is 7.35. The SMILES string of the molecule is O=C1NCCCN2CCC[C@H]2C(=O)NCCCN2CCC[C@H]2C(=O)NCCCN2CCC[C@@H]12. The molecule has 4 aliphatic rings. The van der Waals surface area contributed by atoms with Crippen LogP contribution in [0.3, 0.4) is 0 Å². The molecule has 0 aliphatic carbocycles. The standard InChI is InChI=1S/C24H42N6O3/c31-22-19-7-1-13-28(19)16-4-10-26-23(32)20-8-2-15-30(20)18-6-12-27-24(33)21-9-3-14-29(21)17-5-11-25-22/h19-21H,1-18H2,(H,25,31)(H,26,32)(H,27,33)/t19-,20-,21-/m0/s1. The fraction of sp³-hybridized carbons (Fsp3) is 0.875. The topological polar surface area (TPSA) is 97.0 Å². The smallest absolute Gasteiger partial charge is 0.237 e. The zero-order valence-electron chi connectivity index (χ0n) is 20.0. The number of carbonyl (C=O) groups is 3. The van der Waals surface area contributed by atoms with E-state index in [1.54, 1.807) is 0 Å². The highest BCUT2D eigenvalue weighted by atomic mass is 16.2. The second kappa shape index (κ2) is 12.1. The zero-order chi connectivity index (χ0) is 23.0. The van der Waals surface area contributed by atoms with Gasteiger partial charge in [-0.05, 0) is 77.4 Å². The van der Waals surface area contributed by atoms with E-state index in [0.717, 1.165) is 97.1 Å². The molecule has 0 saturated carbocycles. The summed E-state index contributed by atoms with van der Waals surface area (Å²) in [6, 6.07) is -0.152. The van der Waals surface area contributed by atoms with Gasteiger partial charge in [-0.1, -0.05) is 0 Å². The molecule has 4 aliphatic heterocycles. The van der Waals surface area contributed by atoms with E-state index in [4.69, 9.17) is 0 Å². The first kappa shape index (κ1) is 24.4. The van der Waals surface area contributed by atoms with Crippen molar-refractivity contribution in [3.05, 3.63) is 0 Å². The third-order valence-electron chi connectivity index (χ3n) is 7.76. The lowest BCUT2D eigenvalue weighted by molar-refractivity contribution is -0.126. The first-order valence-electron chi connectivity index (χ1n) is 13.2. The van der Waals surface area contributed by atoms with E-state index in [0.29, 0.717) is 19.6 Å². The van der Waals surface area contributed by atoms with Crippen LogP contribution in [0.25, 0.3) is 0 Å². The Hall–Kier alpha value is -1.71. The second-order valence-corrected chi connectivity index (χ2v) is 10.0. The minimum Gasteiger partial charge on any atom is -0.355 e. The van der Waals surface area contributed by atoms with E-state index >= 15 is 0 Å². The molecule has 4 saturated heterocycles. The predicted octanol–water partition coefficient (Wildman–Crippen LogP) is -0.0879. The molecule has 4 rings (SSSR count). The quantitative estimate of drug-likeness (QED) is 0.466. The van der Waals surface area contributed by atoms with Gasteiger partial charge >= 0.3 is 0 Å². The van der Waals surface area contributed by atoms with Crippen molar-refractivity contribution in [2.24, 2.45) is 0 Å². The van der Waals surface area contributed by atoms with Crippen LogP contribution in [0.4, 0.5) is 0 Å². The lowest BCUT2D eigenvalue weighted by Gasteiger charge is -2.25. The van der Waals surface area contributed by atoms with Crippen LogP contribution in [0.15, 0.2) is 0 Å². The Bertz CT molecular complexity index is 599. The van der Waals surface area contributed by atoms with Crippen molar-refractivity contribution in [2.45, 2.75) is 75.9 Å². The summed E-state index contributed by atoms with van der Waals surface area (Å²) in [7, 11) is 0. The van der Waals surface area contributed by atoms with Crippen LogP contribution in [-0.4, -0.2) is 109 Å². The van der Waals surface area contributed by atoms with E-state index in [1.165, 1.54) is 0 Å². The molecule has 0 spiro atoms. The van der Waals surface area contributed by atoms with Gasteiger partial charge in [0.2, 0.25) is 17.7 Å². The first-order chi connectivity index (χ1) is 16.1. The summed E-state index contributed by atoms with van der Waals surface area (Å²) >= 11 is 0. The van der Waals surface area contributed by atoms with E-state index < -0.39 is 0 Å². The van der Waals surface area contributed by atoms with Crippen LogP contribution >= 0.6 is 0 Å². The fourth-order valence-electron chi connectivity index (χ4n) is 6.01. The molecular formula is C24H42N6O3. The molecule has 0 aromatic heterocycles. The van der Waals surface area contributed by atoms with Gasteiger partial charge in [0.25, 0.3) is 0 Å². The maximum Gasteiger partial charge on any atom is 0.237 e. The van der Waals surface area contributed by atoms with Gasteiger partial charge in [-0.15, -0.1) is 0 Å². The molecule has 3 N–H and O–H groups in total. The molecule has 4 heterocycles. The highest BCUT2D eigenvalue weighted by Gasteiger charge is 2.33. The van der Waals surface area contributed by atoms with E-state index in [9.17, 15) is 14.4 Å². The van der Waals surface area contributed by atoms with Crippen molar-refractivity contribution in [3.63, 3.8) is 0 Å². The Morgan fingerprint density at radius 2 is 0.727 bits per heavy atom. The third kappa shape index (κ3) is 6.45. The summed E-state index contributed by atoms with van der Waals surface area (Å²) in [5.74, 6) is 0.374. The molecular weight excluding hydrogens is 420 g/mol. The number of nitrogens with zero attached hydrogens (tertiary/aromatic N) is 3. The maximum atomic E-state index is 12.8. The molecule has 0 aromatic rings. The summed E-state index contributed by atoms with van der Waals surface area (Å²) < 4.78 is 0. The molecule has 0 aromatic carbocycles. The number of hydrogen-bond donors (Lipinski definition) is 3. The van der Waals surface area contributed by atoms with E-state index in [-0.39, 0.29) is 35.8 Å². The molecule has 33 heavy (non-hydrogen) atoms. The number of hydrogen-bond acceptors (Lipinski definition) is 6. The molecule has 9 heteroatoms. The second-order valence-electron chi connectivity index (χ2n) is 10.0. The maximum absolute atomic E-state index is 12.8. The van der Waals surface area contributed by atoms with E-state index in [2.05, 4.69) is 30.7 Å². The Labute approximate surface area is 198 Å². The van der Waals surface area contributed by atoms with E-state index in [1.807, 2.05) is 0 Å². The van der Waals surface area contributed by atoms with Crippen LogP contribution in [0.5, 0.6) is 0 Å². The van der Waals surface area contributed by atoms with Crippen LogP contribution in [0.2, 0.25) is 0 Å². The van der Waals surface area contributed by atoms with Gasteiger partial charge in [0.15, 0.2) is 0 Å². The largest absolute Gasteiger partial charge is 0.355 e. The minimum atomic E-state index is -0.0505. The predicted molar refractivity (Wildman–Crippen MR) is 127 cm³/mol. The summed E-state index contributed by atoms with van der Waals surface area (Å²) in [5.41, 5.74) is 0.